The highest BCUT2D eigenvalue weighted by atomic mass is 16.4. The molecule has 4 nitrogen and oxygen atoms in total. The lowest BCUT2D eigenvalue weighted by atomic mass is 10.1. The topological polar surface area (TPSA) is 51.0 Å². The second kappa shape index (κ2) is 3.73. The number of nitrogens with zero attached hydrogens (tertiary/aromatic N) is 2. The van der Waals surface area contributed by atoms with Crippen molar-refractivity contribution >= 4 is 6.01 Å². The van der Waals surface area contributed by atoms with Crippen LogP contribution in [0.3, 0.4) is 0 Å². The van der Waals surface area contributed by atoms with Gasteiger partial charge in [-0.2, -0.15) is 0 Å². The Balaban J connectivity index is 2.44. The Bertz CT molecular complexity index is 476. The molecular formula is C11H13N3O. The molecule has 2 aromatic rings. The minimum atomic E-state index is 0.435. The average Bonchev–Trinajstić information content (AvgIpc) is 2.66. The van der Waals surface area contributed by atoms with Gasteiger partial charge in [-0.3, -0.25) is 0 Å². The van der Waals surface area contributed by atoms with Gasteiger partial charge in [0.15, 0.2) is 0 Å². The Morgan fingerprint density at radius 2 is 2.00 bits per heavy atom. The van der Waals surface area contributed by atoms with Crippen LogP contribution in [0.1, 0.15) is 11.1 Å². The molecule has 0 unspecified atom stereocenters. The largest absolute Gasteiger partial charge is 0.403 e. The van der Waals surface area contributed by atoms with E-state index in [1.54, 1.807) is 7.05 Å². The number of nitrogens with one attached hydrogen (secondary N) is 1. The Morgan fingerprint density at radius 3 is 2.60 bits per heavy atom. The van der Waals surface area contributed by atoms with E-state index in [-0.39, 0.29) is 0 Å². The summed E-state index contributed by atoms with van der Waals surface area (Å²) in [5, 5.41) is 10.6. The minimum absolute atomic E-state index is 0.435. The summed E-state index contributed by atoms with van der Waals surface area (Å²) in [5.41, 5.74) is 3.35. The molecular weight excluding hydrogens is 190 g/mol. The van der Waals surface area contributed by atoms with E-state index in [0.29, 0.717) is 11.9 Å². The predicted octanol–water partition coefficient (Wildman–Crippen LogP) is 2.40. The maximum absolute atomic E-state index is 5.41. The number of aryl methyl sites for hydroxylation is 2. The number of benzene rings is 1. The van der Waals surface area contributed by atoms with E-state index in [4.69, 9.17) is 4.42 Å². The first-order chi connectivity index (χ1) is 7.20. The molecule has 1 aromatic carbocycles. The van der Waals surface area contributed by atoms with E-state index in [2.05, 4.69) is 28.5 Å². The minimum Gasteiger partial charge on any atom is -0.403 e. The van der Waals surface area contributed by atoms with Crippen molar-refractivity contribution in [1.29, 1.82) is 0 Å². The molecule has 0 saturated heterocycles. The van der Waals surface area contributed by atoms with Crippen LogP contribution >= 0.6 is 0 Å². The molecule has 15 heavy (non-hydrogen) atoms. The highest BCUT2D eigenvalue weighted by Gasteiger charge is 2.09. The van der Waals surface area contributed by atoms with Crippen LogP contribution in [0.4, 0.5) is 6.01 Å². The first-order valence-corrected chi connectivity index (χ1v) is 4.79. The summed E-state index contributed by atoms with van der Waals surface area (Å²) < 4.78 is 5.41. The van der Waals surface area contributed by atoms with Crippen molar-refractivity contribution in [1.82, 2.24) is 10.2 Å². The Hall–Kier alpha value is -1.84. The van der Waals surface area contributed by atoms with Gasteiger partial charge in [-0.1, -0.05) is 22.8 Å². The van der Waals surface area contributed by atoms with Crippen LogP contribution < -0.4 is 5.32 Å². The van der Waals surface area contributed by atoms with E-state index < -0.39 is 0 Å². The fourth-order valence-electron chi connectivity index (χ4n) is 1.49. The van der Waals surface area contributed by atoms with Crippen LogP contribution in [-0.2, 0) is 0 Å². The molecule has 1 N–H and O–H groups in total. The molecule has 0 fully saturated rings. The summed E-state index contributed by atoms with van der Waals surface area (Å²) in [6.07, 6.45) is 0. The monoisotopic (exact) mass is 203 g/mol. The SMILES string of the molecule is CNc1nnc(-c2ccc(C)cc2C)o1. The molecule has 2 rings (SSSR count). The Morgan fingerprint density at radius 1 is 1.20 bits per heavy atom. The first-order valence-electron chi connectivity index (χ1n) is 4.79. The molecule has 0 aliphatic carbocycles. The van der Waals surface area contributed by atoms with Crippen molar-refractivity contribution in [3.63, 3.8) is 0 Å². The number of hydrogen-bond donors (Lipinski definition) is 1. The van der Waals surface area contributed by atoms with Crippen molar-refractivity contribution in [2.45, 2.75) is 13.8 Å². The van der Waals surface area contributed by atoms with Crippen molar-refractivity contribution in [2.75, 3.05) is 12.4 Å². The van der Waals surface area contributed by atoms with Crippen LogP contribution in [0, 0.1) is 13.8 Å². The van der Waals surface area contributed by atoms with Gasteiger partial charge in [-0.15, -0.1) is 5.10 Å². The van der Waals surface area contributed by atoms with E-state index >= 15 is 0 Å². The lowest BCUT2D eigenvalue weighted by Crippen LogP contribution is -1.85. The van der Waals surface area contributed by atoms with Crippen LogP contribution in [-0.4, -0.2) is 17.2 Å². The quantitative estimate of drug-likeness (QED) is 0.814. The second-order valence-corrected chi connectivity index (χ2v) is 3.48. The number of rotatable bonds is 2. The molecule has 0 amide bonds. The molecule has 0 atom stereocenters. The Labute approximate surface area is 88.3 Å². The summed E-state index contributed by atoms with van der Waals surface area (Å²) >= 11 is 0. The van der Waals surface area contributed by atoms with E-state index in [9.17, 15) is 0 Å². The van der Waals surface area contributed by atoms with Gasteiger partial charge in [-0.25, -0.2) is 0 Å². The van der Waals surface area contributed by atoms with Gasteiger partial charge in [0.1, 0.15) is 0 Å². The van der Waals surface area contributed by atoms with Crippen molar-refractivity contribution in [3.05, 3.63) is 29.3 Å². The van der Waals surface area contributed by atoms with Gasteiger partial charge >= 0.3 is 6.01 Å². The highest BCUT2D eigenvalue weighted by Crippen LogP contribution is 2.23. The maximum Gasteiger partial charge on any atom is 0.315 e. The molecule has 78 valence electrons. The summed E-state index contributed by atoms with van der Waals surface area (Å²) in [4.78, 5) is 0. The Kier molecular flexibility index (Phi) is 2.41. The van der Waals surface area contributed by atoms with Gasteiger partial charge in [0.05, 0.1) is 0 Å². The molecule has 0 spiro atoms. The molecule has 1 heterocycles. The van der Waals surface area contributed by atoms with Gasteiger partial charge in [0.25, 0.3) is 0 Å². The lowest BCUT2D eigenvalue weighted by molar-refractivity contribution is 0.585. The fraction of sp³-hybridized carbons (Fsp3) is 0.273. The highest BCUT2D eigenvalue weighted by molar-refractivity contribution is 5.59. The third-order valence-corrected chi connectivity index (χ3v) is 2.25. The number of anilines is 1. The zero-order valence-electron chi connectivity index (χ0n) is 9.03. The van der Waals surface area contributed by atoms with E-state index in [1.165, 1.54) is 5.56 Å². The molecule has 0 aliphatic heterocycles. The molecule has 4 heteroatoms. The molecule has 0 bridgehead atoms. The van der Waals surface area contributed by atoms with Crippen LogP contribution in [0.25, 0.3) is 11.5 Å². The normalized spacial score (nSPS) is 10.3. The third-order valence-electron chi connectivity index (χ3n) is 2.25. The summed E-state index contributed by atoms with van der Waals surface area (Å²) in [5.74, 6) is 0.553. The average molecular weight is 203 g/mol. The van der Waals surface area contributed by atoms with E-state index in [1.807, 2.05) is 19.1 Å². The zero-order chi connectivity index (χ0) is 10.8. The standard InChI is InChI=1S/C11H13N3O/c1-7-4-5-9(8(2)6-7)10-13-14-11(12-3)15-10/h4-6H,1-3H3,(H,12,14). The van der Waals surface area contributed by atoms with Crippen molar-refractivity contribution < 1.29 is 4.42 Å². The molecule has 0 aliphatic rings. The number of hydrogen-bond acceptors (Lipinski definition) is 4. The van der Waals surface area contributed by atoms with Gasteiger partial charge in [0.2, 0.25) is 5.89 Å². The summed E-state index contributed by atoms with van der Waals surface area (Å²) in [6.45, 7) is 4.09. The fourth-order valence-corrected chi connectivity index (χ4v) is 1.49. The number of aromatic nitrogens is 2. The predicted molar refractivity (Wildman–Crippen MR) is 58.8 cm³/mol. The first kappa shape index (κ1) is 9.71. The van der Waals surface area contributed by atoms with Gasteiger partial charge < -0.3 is 9.73 Å². The van der Waals surface area contributed by atoms with Crippen LogP contribution in [0.2, 0.25) is 0 Å². The van der Waals surface area contributed by atoms with Crippen LogP contribution in [0.5, 0.6) is 0 Å². The zero-order valence-corrected chi connectivity index (χ0v) is 9.03. The van der Waals surface area contributed by atoms with Gasteiger partial charge in [-0.05, 0) is 25.5 Å². The lowest BCUT2D eigenvalue weighted by Gasteiger charge is -2.01. The molecule has 0 saturated carbocycles. The summed E-state index contributed by atoms with van der Waals surface area (Å²) in [7, 11) is 1.75. The van der Waals surface area contributed by atoms with Crippen LogP contribution in [0.15, 0.2) is 22.6 Å². The summed E-state index contributed by atoms with van der Waals surface area (Å²) in [6, 6.07) is 6.56. The van der Waals surface area contributed by atoms with Gasteiger partial charge in [0, 0.05) is 12.6 Å². The second-order valence-electron chi connectivity index (χ2n) is 3.48. The molecule has 1 aromatic heterocycles. The van der Waals surface area contributed by atoms with Crippen molar-refractivity contribution in [3.8, 4) is 11.5 Å². The van der Waals surface area contributed by atoms with Crippen molar-refractivity contribution in [2.24, 2.45) is 0 Å². The molecule has 0 radical (unpaired) electrons. The smallest absolute Gasteiger partial charge is 0.315 e. The van der Waals surface area contributed by atoms with E-state index in [0.717, 1.165) is 11.1 Å². The maximum atomic E-state index is 5.41. The third kappa shape index (κ3) is 1.83.